The third kappa shape index (κ3) is 2.49. The molecule has 1 aliphatic heterocycles. The summed E-state index contributed by atoms with van der Waals surface area (Å²) in [6, 6.07) is 8.51. The Morgan fingerprint density at radius 3 is 2.92 bits per heavy atom. The van der Waals surface area contributed by atoms with E-state index in [1.165, 1.54) is 0 Å². The standard InChI is InChI=1S/C18H17N7/c1-24-10-14(11-24)22-18-21-9-16-15(4-6-25(16)23-18)13-7-12-3-2-5-19-17(12)20-8-13/h2-9,14H,10-11H2,1H3,(H,22,23). The van der Waals surface area contributed by atoms with Gasteiger partial charge in [0.1, 0.15) is 0 Å². The molecular formula is C18H17N7. The highest BCUT2D eigenvalue weighted by Crippen LogP contribution is 2.26. The number of hydrogen-bond donors (Lipinski definition) is 1. The van der Waals surface area contributed by atoms with Crippen molar-refractivity contribution in [3.05, 3.63) is 49.1 Å². The van der Waals surface area contributed by atoms with Crippen molar-refractivity contribution in [1.29, 1.82) is 0 Å². The number of likely N-dealkylation sites (N-methyl/N-ethyl adjacent to an activating group) is 1. The smallest absolute Gasteiger partial charge is 0.241 e. The molecule has 25 heavy (non-hydrogen) atoms. The topological polar surface area (TPSA) is 71.2 Å². The number of fused-ring (bicyclic) bond motifs is 2. The van der Waals surface area contributed by atoms with Gasteiger partial charge in [0, 0.05) is 48.2 Å². The Bertz CT molecular complexity index is 1070. The summed E-state index contributed by atoms with van der Waals surface area (Å²) in [5.41, 5.74) is 3.81. The van der Waals surface area contributed by atoms with E-state index in [1.807, 2.05) is 41.3 Å². The molecule has 5 rings (SSSR count). The maximum Gasteiger partial charge on any atom is 0.241 e. The molecular weight excluding hydrogens is 314 g/mol. The van der Waals surface area contributed by atoms with Crippen LogP contribution >= 0.6 is 0 Å². The summed E-state index contributed by atoms with van der Waals surface area (Å²) in [6.45, 7) is 2.05. The quantitative estimate of drug-likeness (QED) is 0.620. The van der Waals surface area contributed by atoms with Gasteiger partial charge in [-0.1, -0.05) is 0 Å². The maximum atomic E-state index is 4.57. The number of rotatable bonds is 3. The van der Waals surface area contributed by atoms with E-state index in [0.717, 1.165) is 40.8 Å². The van der Waals surface area contributed by atoms with Crippen LogP contribution in [0.25, 0.3) is 27.7 Å². The molecule has 1 fully saturated rings. The first-order valence-electron chi connectivity index (χ1n) is 8.27. The predicted octanol–water partition coefficient (Wildman–Crippen LogP) is 2.07. The molecule has 0 radical (unpaired) electrons. The average molecular weight is 331 g/mol. The molecule has 5 heterocycles. The molecule has 0 aromatic carbocycles. The van der Waals surface area contributed by atoms with Gasteiger partial charge in [-0.05, 0) is 31.3 Å². The number of nitrogens with one attached hydrogen (secondary N) is 1. The fourth-order valence-corrected chi connectivity index (χ4v) is 3.30. The van der Waals surface area contributed by atoms with E-state index < -0.39 is 0 Å². The van der Waals surface area contributed by atoms with Crippen molar-refractivity contribution in [3.63, 3.8) is 0 Å². The molecule has 0 aliphatic carbocycles. The second kappa shape index (κ2) is 5.49. The molecule has 124 valence electrons. The minimum absolute atomic E-state index is 0.426. The molecule has 0 spiro atoms. The molecule has 1 saturated heterocycles. The van der Waals surface area contributed by atoms with E-state index in [9.17, 15) is 0 Å². The number of anilines is 1. The molecule has 1 N–H and O–H groups in total. The van der Waals surface area contributed by atoms with E-state index in [-0.39, 0.29) is 0 Å². The molecule has 0 amide bonds. The minimum atomic E-state index is 0.426. The lowest BCUT2D eigenvalue weighted by Crippen LogP contribution is -2.52. The molecule has 0 atom stereocenters. The molecule has 0 saturated carbocycles. The van der Waals surface area contributed by atoms with Crippen LogP contribution in [0, 0.1) is 0 Å². The van der Waals surface area contributed by atoms with Gasteiger partial charge in [-0.15, -0.1) is 5.10 Å². The SMILES string of the molecule is CN1CC(Nc2ncc3c(-c4cnc5ncccc5c4)ccn3n2)C1. The highest BCUT2D eigenvalue weighted by Gasteiger charge is 2.23. The number of nitrogens with zero attached hydrogens (tertiary/aromatic N) is 6. The van der Waals surface area contributed by atoms with Crippen molar-refractivity contribution in [2.24, 2.45) is 0 Å². The lowest BCUT2D eigenvalue weighted by molar-refractivity contribution is 0.204. The van der Waals surface area contributed by atoms with Crippen LogP contribution in [0.5, 0.6) is 0 Å². The van der Waals surface area contributed by atoms with Gasteiger partial charge < -0.3 is 10.2 Å². The van der Waals surface area contributed by atoms with E-state index >= 15 is 0 Å². The van der Waals surface area contributed by atoms with Gasteiger partial charge in [-0.2, -0.15) is 0 Å². The Morgan fingerprint density at radius 2 is 2.04 bits per heavy atom. The normalized spacial score (nSPS) is 15.6. The first-order chi connectivity index (χ1) is 12.3. The van der Waals surface area contributed by atoms with Gasteiger partial charge in [0.15, 0.2) is 5.65 Å². The zero-order valence-corrected chi connectivity index (χ0v) is 13.8. The Morgan fingerprint density at radius 1 is 1.12 bits per heavy atom. The summed E-state index contributed by atoms with van der Waals surface area (Å²) in [6.07, 6.45) is 7.42. The minimum Gasteiger partial charge on any atom is -0.348 e. The van der Waals surface area contributed by atoms with Crippen molar-refractivity contribution < 1.29 is 0 Å². The summed E-state index contributed by atoms with van der Waals surface area (Å²) < 4.78 is 1.86. The summed E-state index contributed by atoms with van der Waals surface area (Å²) in [5, 5.41) is 8.96. The summed E-state index contributed by atoms with van der Waals surface area (Å²) in [5.74, 6) is 0.661. The highest BCUT2D eigenvalue weighted by molar-refractivity contribution is 5.86. The van der Waals surface area contributed by atoms with Crippen molar-refractivity contribution in [2.75, 3.05) is 25.5 Å². The Kier molecular flexibility index (Phi) is 3.14. The van der Waals surface area contributed by atoms with Crippen LogP contribution in [-0.2, 0) is 0 Å². The zero-order chi connectivity index (χ0) is 16.8. The monoisotopic (exact) mass is 331 g/mol. The molecule has 0 bridgehead atoms. The average Bonchev–Trinajstić information content (AvgIpc) is 3.03. The van der Waals surface area contributed by atoms with Crippen molar-refractivity contribution >= 4 is 22.5 Å². The molecule has 7 heteroatoms. The lowest BCUT2D eigenvalue weighted by Gasteiger charge is -2.36. The van der Waals surface area contributed by atoms with Crippen LogP contribution in [0.2, 0.25) is 0 Å². The fourth-order valence-electron chi connectivity index (χ4n) is 3.30. The van der Waals surface area contributed by atoms with Crippen LogP contribution in [0.3, 0.4) is 0 Å². The van der Waals surface area contributed by atoms with Crippen LogP contribution in [0.4, 0.5) is 5.95 Å². The molecule has 1 aliphatic rings. The lowest BCUT2D eigenvalue weighted by atomic mass is 10.1. The van der Waals surface area contributed by atoms with E-state index in [2.05, 4.69) is 43.4 Å². The van der Waals surface area contributed by atoms with Gasteiger partial charge in [0.05, 0.1) is 17.8 Å². The van der Waals surface area contributed by atoms with Crippen molar-refractivity contribution in [2.45, 2.75) is 6.04 Å². The Hall–Kier alpha value is -3.06. The Balaban J connectivity index is 1.50. The Labute approximate surface area is 144 Å². The molecule has 7 nitrogen and oxygen atoms in total. The van der Waals surface area contributed by atoms with Gasteiger partial charge >= 0.3 is 0 Å². The van der Waals surface area contributed by atoms with E-state index in [4.69, 9.17) is 0 Å². The van der Waals surface area contributed by atoms with E-state index in [1.54, 1.807) is 6.20 Å². The largest absolute Gasteiger partial charge is 0.348 e. The third-order valence-corrected chi connectivity index (χ3v) is 4.58. The van der Waals surface area contributed by atoms with Crippen LogP contribution in [0.1, 0.15) is 0 Å². The molecule has 0 unspecified atom stereocenters. The van der Waals surface area contributed by atoms with Gasteiger partial charge in [0.2, 0.25) is 5.95 Å². The van der Waals surface area contributed by atoms with E-state index in [0.29, 0.717) is 12.0 Å². The van der Waals surface area contributed by atoms with Gasteiger partial charge in [-0.25, -0.2) is 19.5 Å². The number of aromatic nitrogens is 5. The second-order valence-corrected chi connectivity index (χ2v) is 6.48. The summed E-state index contributed by atoms with van der Waals surface area (Å²) in [7, 11) is 2.10. The summed E-state index contributed by atoms with van der Waals surface area (Å²) >= 11 is 0. The van der Waals surface area contributed by atoms with Gasteiger partial charge in [0.25, 0.3) is 0 Å². The summed E-state index contributed by atoms with van der Waals surface area (Å²) in [4.78, 5) is 15.5. The first kappa shape index (κ1) is 14.3. The zero-order valence-electron chi connectivity index (χ0n) is 13.8. The molecule has 4 aromatic heterocycles. The van der Waals surface area contributed by atoms with Crippen molar-refractivity contribution in [1.82, 2.24) is 29.5 Å². The fraction of sp³-hybridized carbons (Fsp3) is 0.222. The van der Waals surface area contributed by atoms with Crippen LogP contribution in [0.15, 0.2) is 49.1 Å². The highest BCUT2D eigenvalue weighted by atomic mass is 15.3. The second-order valence-electron chi connectivity index (χ2n) is 6.48. The van der Waals surface area contributed by atoms with Crippen LogP contribution in [-0.4, -0.2) is 55.6 Å². The number of pyridine rings is 2. The maximum absolute atomic E-state index is 4.57. The number of hydrogen-bond acceptors (Lipinski definition) is 6. The molecule has 4 aromatic rings. The van der Waals surface area contributed by atoms with Gasteiger partial charge in [-0.3, -0.25) is 0 Å². The third-order valence-electron chi connectivity index (χ3n) is 4.58. The first-order valence-corrected chi connectivity index (χ1v) is 8.27. The van der Waals surface area contributed by atoms with Crippen LogP contribution < -0.4 is 5.32 Å². The van der Waals surface area contributed by atoms with Crippen molar-refractivity contribution in [3.8, 4) is 11.1 Å². The number of likely N-dealkylation sites (tertiary alicyclic amines) is 1. The predicted molar refractivity (Wildman–Crippen MR) is 96.4 cm³/mol.